The van der Waals surface area contributed by atoms with Crippen LogP contribution in [-0.4, -0.2) is 28.0 Å². The van der Waals surface area contributed by atoms with Crippen LogP contribution in [0.1, 0.15) is 18.9 Å². The van der Waals surface area contributed by atoms with Gasteiger partial charge in [-0.1, -0.05) is 37.3 Å². The van der Waals surface area contributed by atoms with E-state index in [1.807, 2.05) is 24.4 Å². The molecule has 0 amide bonds. The Kier molecular flexibility index (Phi) is 4.50. The number of aliphatic hydroxyl groups excluding tert-OH is 1. The van der Waals surface area contributed by atoms with Crippen LogP contribution in [0, 0.1) is 0 Å². The first-order valence-electron chi connectivity index (χ1n) is 6.27. The van der Waals surface area contributed by atoms with Gasteiger partial charge >= 0.3 is 0 Å². The molecule has 0 aliphatic carbocycles. The minimum absolute atomic E-state index is 0.142. The largest absolute Gasteiger partial charge is 0.395 e. The van der Waals surface area contributed by atoms with Crippen molar-refractivity contribution in [2.45, 2.75) is 25.9 Å². The van der Waals surface area contributed by atoms with E-state index in [4.69, 9.17) is 5.11 Å². The highest BCUT2D eigenvalue weighted by molar-refractivity contribution is 5.62. The summed E-state index contributed by atoms with van der Waals surface area (Å²) in [7, 11) is 0. The van der Waals surface area contributed by atoms with Gasteiger partial charge in [0.2, 0.25) is 0 Å². The highest BCUT2D eigenvalue weighted by Gasteiger charge is 2.09. The van der Waals surface area contributed by atoms with Crippen molar-refractivity contribution in [1.29, 1.82) is 0 Å². The van der Waals surface area contributed by atoms with Crippen LogP contribution < -0.4 is 5.32 Å². The summed E-state index contributed by atoms with van der Waals surface area (Å²) in [6.07, 6.45) is 2.74. The molecule has 1 aromatic heterocycles. The van der Waals surface area contributed by atoms with Gasteiger partial charge in [-0.05, 0) is 12.0 Å². The lowest BCUT2D eigenvalue weighted by molar-refractivity contribution is 0.238. The van der Waals surface area contributed by atoms with Gasteiger partial charge in [0, 0.05) is 18.2 Å². The molecule has 0 spiro atoms. The van der Waals surface area contributed by atoms with Crippen LogP contribution in [0.3, 0.4) is 0 Å². The molecule has 0 saturated heterocycles. The van der Waals surface area contributed by atoms with Crippen LogP contribution in [0.5, 0.6) is 0 Å². The molecule has 0 radical (unpaired) electrons. The molecule has 4 nitrogen and oxygen atoms in total. The third kappa shape index (κ3) is 2.97. The summed E-state index contributed by atoms with van der Waals surface area (Å²) in [4.78, 5) is 0. The Morgan fingerprint density at radius 3 is 2.78 bits per heavy atom. The number of hydrogen-bond acceptors (Lipinski definition) is 3. The van der Waals surface area contributed by atoms with Crippen LogP contribution in [-0.2, 0) is 6.54 Å². The van der Waals surface area contributed by atoms with E-state index in [0.717, 1.165) is 23.2 Å². The van der Waals surface area contributed by atoms with Crippen molar-refractivity contribution >= 4 is 0 Å². The second-order valence-electron chi connectivity index (χ2n) is 4.30. The predicted molar refractivity (Wildman–Crippen MR) is 72.0 cm³/mol. The van der Waals surface area contributed by atoms with Crippen LogP contribution in [0.2, 0.25) is 0 Å². The number of H-pyrrole nitrogens is 1. The molecule has 1 aromatic carbocycles. The number of nitrogens with one attached hydrogen (secondary N) is 2. The molecule has 0 aliphatic rings. The molecule has 0 unspecified atom stereocenters. The smallest absolute Gasteiger partial charge is 0.0695 e. The van der Waals surface area contributed by atoms with E-state index in [-0.39, 0.29) is 12.6 Å². The third-order valence-corrected chi connectivity index (χ3v) is 3.07. The van der Waals surface area contributed by atoms with Crippen molar-refractivity contribution in [2.75, 3.05) is 6.61 Å². The lowest BCUT2D eigenvalue weighted by Gasteiger charge is -2.13. The first kappa shape index (κ1) is 12.8. The van der Waals surface area contributed by atoms with Crippen LogP contribution in [0.25, 0.3) is 11.3 Å². The van der Waals surface area contributed by atoms with Crippen molar-refractivity contribution < 1.29 is 5.11 Å². The van der Waals surface area contributed by atoms with E-state index in [9.17, 15) is 0 Å². The quantitative estimate of drug-likeness (QED) is 0.729. The Morgan fingerprint density at radius 2 is 2.11 bits per heavy atom. The number of aromatic nitrogens is 2. The minimum atomic E-state index is 0.142. The van der Waals surface area contributed by atoms with Crippen LogP contribution >= 0.6 is 0 Å². The molecule has 0 aliphatic heterocycles. The zero-order valence-electron chi connectivity index (χ0n) is 10.6. The fraction of sp³-hybridized carbons (Fsp3) is 0.357. The number of nitrogens with zero attached hydrogens (tertiary/aromatic N) is 1. The summed E-state index contributed by atoms with van der Waals surface area (Å²) < 4.78 is 0. The lowest BCUT2D eigenvalue weighted by Crippen LogP contribution is -2.31. The fourth-order valence-electron chi connectivity index (χ4n) is 1.89. The van der Waals surface area contributed by atoms with Gasteiger partial charge in [0.1, 0.15) is 0 Å². The molecular weight excluding hydrogens is 226 g/mol. The highest BCUT2D eigenvalue weighted by Crippen LogP contribution is 2.20. The monoisotopic (exact) mass is 245 g/mol. The maximum atomic E-state index is 9.16. The Morgan fingerprint density at radius 1 is 1.33 bits per heavy atom. The van der Waals surface area contributed by atoms with Gasteiger partial charge in [0.25, 0.3) is 0 Å². The number of rotatable bonds is 6. The van der Waals surface area contributed by atoms with E-state index in [1.54, 1.807) is 0 Å². The topological polar surface area (TPSA) is 60.9 Å². The molecular formula is C14H19N3O. The van der Waals surface area contributed by atoms with Crippen LogP contribution in [0.15, 0.2) is 36.5 Å². The normalized spacial score (nSPS) is 12.6. The van der Waals surface area contributed by atoms with Crippen molar-refractivity contribution in [3.8, 4) is 11.3 Å². The van der Waals surface area contributed by atoms with Gasteiger partial charge in [-0.15, -0.1) is 0 Å². The Hall–Kier alpha value is -1.65. The maximum Gasteiger partial charge on any atom is 0.0695 e. The minimum Gasteiger partial charge on any atom is -0.395 e. The Balaban J connectivity index is 2.09. The Labute approximate surface area is 107 Å². The van der Waals surface area contributed by atoms with E-state index >= 15 is 0 Å². The average molecular weight is 245 g/mol. The summed E-state index contributed by atoms with van der Waals surface area (Å²) in [5.41, 5.74) is 3.29. The molecule has 1 atom stereocenters. The lowest BCUT2D eigenvalue weighted by atomic mass is 10.1. The summed E-state index contributed by atoms with van der Waals surface area (Å²) in [5, 5.41) is 19.6. The van der Waals surface area contributed by atoms with E-state index in [2.05, 4.69) is 34.6 Å². The molecule has 18 heavy (non-hydrogen) atoms. The van der Waals surface area contributed by atoms with E-state index in [1.165, 1.54) is 0 Å². The van der Waals surface area contributed by atoms with E-state index in [0.29, 0.717) is 6.54 Å². The van der Waals surface area contributed by atoms with Crippen molar-refractivity contribution in [3.63, 3.8) is 0 Å². The van der Waals surface area contributed by atoms with Gasteiger partial charge in [-0.25, -0.2) is 0 Å². The number of aromatic amines is 1. The van der Waals surface area contributed by atoms with Crippen molar-refractivity contribution in [3.05, 3.63) is 42.1 Å². The van der Waals surface area contributed by atoms with Crippen LogP contribution in [0.4, 0.5) is 0 Å². The molecule has 4 heteroatoms. The number of hydrogen-bond donors (Lipinski definition) is 3. The molecule has 1 heterocycles. The standard InChI is InChI=1S/C14H19N3O/c1-2-13(10-18)15-8-12-9-16-17-14(12)11-6-4-3-5-7-11/h3-7,9,13,15,18H,2,8,10H2,1H3,(H,16,17)/t13-/m1/s1. The SMILES string of the molecule is CC[C@H](CO)NCc1cn[nH]c1-c1ccccc1. The second kappa shape index (κ2) is 6.33. The molecule has 96 valence electrons. The van der Waals surface area contributed by atoms with Crippen molar-refractivity contribution in [1.82, 2.24) is 15.5 Å². The van der Waals surface area contributed by atoms with E-state index < -0.39 is 0 Å². The zero-order valence-corrected chi connectivity index (χ0v) is 10.6. The zero-order chi connectivity index (χ0) is 12.8. The molecule has 0 fully saturated rings. The van der Waals surface area contributed by atoms with Gasteiger partial charge in [-0.3, -0.25) is 5.10 Å². The first-order chi connectivity index (χ1) is 8.85. The summed E-state index contributed by atoms with van der Waals surface area (Å²) in [6, 6.07) is 10.3. The first-order valence-corrected chi connectivity index (χ1v) is 6.27. The molecule has 2 aromatic rings. The molecule has 2 rings (SSSR count). The Bertz CT molecular complexity index is 463. The average Bonchev–Trinajstić information content (AvgIpc) is 2.89. The predicted octanol–water partition coefficient (Wildman–Crippen LogP) is 1.94. The maximum absolute atomic E-state index is 9.16. The highest BCUT2D eigenvalue weighted by atomic mass is 16.3. The summed E-state index contributed by atoms with van der Waals surface area (Å²) >= 11 is 0. The molecule has 0 bridgehead atoms. The second-order valence-corrected chi connectivity index (χ2v) is 4.30. The fourth-order valence-corrected chi connectivity index (χ4v) is 1.89. The van der Waals surface area contributed by atoms with Gasteiger partial charge < -0.3 is 10.4 Å². The molecule has 3 N–H and O–H groups in total. The van der Waals surface area contributed by atoms with Crippen molar-refractivity contribution in [2.24, 2.45) is 0 Å². The summed E-state index contributed by atoms with van der Waals surface area (Å²) in [6.45, 7) is 2.93. The van der Waals surface area contributed by atoms with Gasteiger partial charge in [0.05, 0.1) is 18.5 Å². The number of aliphatic hydroxyl groups is 1. The van der Waals surface area contributed by atoms with Gasteiger partial charge in [0.15, 0.2) is 0 Å². The third-order valence-electron chi connectivity index (χ3n) is 3.07. The van der Waals surface area contributed by atoms with Gasteiger partial charge in [-0.2, -0.15) is 5.10 Å². The number of benzene rings is 1. The summed E-state index contributed by atoms with van der Waals surface area (Å²) in [5.74, 6) is 0. The molecule has 0 saturated carbocycles.